The summed E-state index contributed by atoms with van der Waals surface area (Å²) in [5, 5.41) is 0.777. The first-order valence-electron chi connectivity index (χ1n) is 6.04. The summed E-state index contributed by atoms with van der Waals surface area (Å²) in [6, 6.07) is 6.05. The molecule has 0 aliphatic carbocycles. The lowest BCUT2D eigenvalue weighted by Crippen LogP contribution is -2.25. The van der Waals surface area contributed by atoms with E-state index >= 15 is 0 Å². The Balaban J connectivity index is 2.23. The van der Waals surface area contributed by atoms with E-state index in [1.165, 1.54) is 31.4 Å². The largest absolute Gasteiger partial charge is 0.371 e. The van der Waals surface area contributed by atoms with Crippen LogP contribution in [0, 0.1) is 0 Å². The van der Waals surface area contributed by atoms with Gasteiger partial charge < -0.3 is 10.6 Å². The Morgan fingerprint density at radius 1 is 1.12 bits per heavy atom. The third-order valence-corrected chi connectivity index (χ3v) is 3.44. The highest BCUT2D eigenvalue weighted by Gasteiger charge is 2.12. The minimum atomic E-state index is 0.562. The SMILES string of the molecule is NCc1cc(Cl)ccc1N1CCCCCC1. The van der Waals surface area contributed by atoms with E-state index in [1.807, 2.05) is 12.1 Å². The molecule has 0 aromatic heterocycles. The van der Waals surface area contributed by atoms with Crippen LogP contribution in [-0.4, -0.2) is 13.1 Å². The quantitative estimate of drug-likeness (QED) is 0.858. The summed E-state index contributed by atoms with van der Waals surface area (Å²) in [4.78, 5) is 2.45. The van der Waals surface area contributed by atoms with Crippen LogP contribution in [0.4, 0.5) is 5.69 Å². The van der Waals surface area contributed by atoms with E-state index in [1.54, 1.807) is 0 Å². The van der Waals surface area contributed by atoms with Gasteiger partial charge in [0.25, 0.3) is 0 Å². The van der Waals surface area contributed by atoms with Crippen molar-refractivity contribution in [2.75, 3.05) is 18.0 Å². The van der Waals surface area contributed by atoms with E-state index in [9.17, 15) is 0 Å². The molecule has 1 heterocycles. The van der Waals surface area contributed by atoms with Crippen LogP contribution in [0.5, 0.6) is 0 Å². The normalized spacial score (nSPS) is 17.2. The fraction of sp³-hybridized carbons (Fsp3) is 0.538. The zero-order valence-corrected chi connectivity index (χ0v) is 10.3. The molecule has 1 saturated heterocycles. The highest BCUT2D eigenvalue weighted by molar-refractivity contribution is 6.30. The number of benzene rings is 1. The molecular formula is C13H19ClN2. The average Bonchev–Trinajstić information content (AvgIpc) is 2.57. The fourth-order valence-electron chi connectivity index (χ4n) is 2.34. The molecule has 0 radical (unpaired) electrons. The van der Waals surface area contributed by atoms with Gasteiger partial charge in [0.15, 0.2) is 0 Å². The maximum absolute atomic E-state index is 5.99. The van der Waals surface area contributed by atoms with Crippen molar-refractivity contribution >= 4 is 17.3 Å². The Bertz CT molecular complexity index is 344. The smallest absolute Gasteiger partial charge is 0.0412 e. The Hall–Kier alpha value is -0.730. The summed E-state index contributed by atoms with van der Waals surface area (Å²) in [5.74, 6) is 0. The van der Waals surface area contributed by atoms with E-state index in [4.69, 9.17) is 17.3 Å². The Morgan fingerprint density at radius 3 is 2.44 bits per heavy atom. The van der Waals surface area contributed by atoms with Crippen molar-refractivity contribution < 1.29 is 0 Å². The molecule has 0 atom stereocenters. The van der Waals surface area contributed by atoms with Crippen molar-refractivity contribution in [2.24, 2.45) is 5.73 Å². The summed E-state index contributed by atoms with van der Waals surface area (Å²) >= 11 is 5.99. The standard InChI is InChI=1S/C13H19ClN2/c14-12-5-6-13(11(9-12)10-15)16-7-3-1-2-4-8-16/h5-6,9H,1-4,7-8,10,15H2. The molecule has 1 fully saturated rings. The Morgan fingerprint density at radius 2 is 1.81 bits per heavy atom. The van der Waals surface area contributed by atoms with Crippen LogP contribution in [0.3, 0.4) is 0 Å². The highest BCUT2D eigenvalue weighted by Crippen LogP contribution is 2.26. The second-order valence-corrected chi connectivity index (χ2v) is 4.81. The molecule has 1 aromatic rings. The lowest BCUT2D eigenvalue weighted by atomic mass is 10.1. The van der Waals surface area contributed by atoms with Gasteiger partial charge >= 0.3 is 0 Å². The van der Waals surface area contributed by atoms with Crippen LogP contribution in [-0.2, 0) is 6.54 Å². The van der Waals surface area contributed by atoms with E-state index in [-0.39, 0.29) is 0 Å². The number of anilines is 1. The van der Waals surface area contributed by atoms with Crippen LogP contribution in [0.1, 0.15) is 31.2 Å². The van der Waals surface area contributed by atoms with Crippen molar-refractivity contribution in [3.8, 4) is 0 Å². The summed E-state index contributed by atoms with van der Waals surface area (Å²) in [6.45, 7) is 2.86. The van der Waals surface area contributed by atoms with Crippen LogP contribution >= 0.6 is 11.6 Å². The van der Waals surface area contributed by atoms with Gasteiger partial charge in [0.05, 0.1) is 0 Å². The number of rotatable bonds is 2. The minimum Gasteiger partial charge on any atom is -0.371 e. The van der Waals surface area contributed by atoms with Crippen LogP contribution in [0.25, 0.3) is 0 Å². The van der Waals surface area contributed by atoms with Gasteiger partial charge in [-0.25, -0.2) is 0 Å². The number of hydrogen-bond donors (Lipinski definition) is 1. The van der Waals surface area contributed by atoms with Gasteiger partial charge in [0.2, 0.25) is 0 Å². The monoisotopic (exact) mass is 238 g/mol. The van der Waals surface area contributed by atoms with E-state index in [0.29, 0.717) is 6.54 Å². The lowest BCUT2D eigenvalue weighted by molar-refractivity contribution is 0.726. The van der Waals surface area contributed by atoms with Gasteiger partial charge in [0, 0.05) is 30.3 Å². The van der Waals surface area contributed by atoms with Gasteiger partial charge in [-0.2, -0.15) is 0 Å². The minimum absolute atomic E-state index is 0.562. The van der Waals surface area contributed by atoms with Crippen LogP contribution in [0.2, 0.25) is 5.02 Å². The average molecular weight is 239 g/mol. The molecule has 2 N–H and O–H groups in total. The molecule has 1 aliphatic heterocycles. The second-order valence-electron chi connectivity index (χ2n) is 4.38. The number of hydrogen-bond acceptors (Lipinski definition) is 2. The molecule has 0 bridgehead atoms. The Kier molecular flexibility index (Phi) is 4.08. The molecule has 0 saturated carbocycles. The maximum atomic E-state index is 5.99. The van der Waals surface area contributed by atoms with E-state index < -0.39 is 0 Å². The predicted molar refractivity (Wildman–Crippen MR) is 70.0 cm³/mol. The number of nitrogens with zero attached hydrogens (tertiary/aromatic N) is 1. The van der Waals surface area contributed by atoms with Crippen molar-refractivity contribution in [1.82, 2.24) is 0 Å². The fourth-order valence-corrected chi connectivity index (χ4v) is 2.53. The molecule has 0 amide bonds. The Labute approximate surface area is 102 Å². The number of halogens is 1. The number of nitrogens with two attached hydrogens (primary N) is 1. The predicted octanol–water partition coefficient (Wildman–Crippen LogP) is 3.18. The van der Waals surface area contributed by atoms with Crippen molar-refractivity contribution in [2.45, 2.75) is 32.2 Å². The van der Waals surface area contributed by atoms with Gasteiger partial charge in [-0.15, -0.1) is 0 Å². The highest BCUT2D eigenvalue weighted by atomic mass is 35.5. The maximum Gasteiger partial charge on any atom is 0.0412 e. The molecule has 2 rings (SSSR count). The van der Waals surface area contributed by atoms with Gasteiger partial charge in [-0.3, -0.25) is 0 Å². The van der Waals surface area contributed by atoms with Gasteiger partial charge in [-0.05, 0) is 36.6 Å². The topological polar surface area (TPSA) is 29.3 Å². The summed E-state index contributed by atoms with van der Waals surface area (Å²) < 4.78 is 0. The van der Waals surface area contributed by atoms with Crippen molar-refractivity contribution in [3.63, 3.8) is 0 Å². The third-order valence-electron chi connectivity index (χ3n) is 3.21. The zero-order chi connectivity index (χ0) is 11.4. The van der Waals surface area contributed by atoms with Crippen molar-refractivity contribution in [1.29, 1.82) is 0 Å². The van der Waals surface area contributed by atoms with E-state index in [0.717, 1.165) is 23.7 Å². The summed E-state index contributed by atoms with van der Waals surface area (Å²) in [6.07, 6.45) is 5.27. The molecule has 16 heavy (non-hydrogen) atoms. The van der Waals surface area contributed by atoms with E-state index in [2.05, 4.69) is 11.0 Å². The molecule has 1 aliphatic rings. The molecule has 88 valence electrons. The second kappa shape index (κ2) is 5.55. The summed E-state index contributed by atoms with van der Waals surface area (Å²) in [5.41, 5.74) is 8.21. The molecule has 2 nitrogen and oxygen atoms in total. The first kappa shape index (κ1) is 11.7. The van der Waals surface area contributed by atoms with Gasteiger partial charge in [0.1, 0.15) is 0 Å². The molecule has 1 aromatic carbocycles. The van der Waals surface area contributed by atoms with Gasteiger partial charge in [-0.1, -0.05) is 24.4 Å². The van der Waals surface area contributed by atoms with Crippen LogP contribution in [0.15, 0.2) is 18.2 Å². The molecular weight excluding hydrogens is 220 g/mol. The first-order valence-corrected chi connectivity index (χ1v) is 6.42. The molecule has 0 spiro atoms. The molecule has 3 heteroatoms. The lowest BCUT2D eigenvalue weighted by Gasteiger charge is -2.25. The third kappa shape index (κ3) is 2.69. The first-order chi connectivity index (χ1) is 7.81. The summed E-state index contributed by atoms with van der Waals surface area (Å²) in [7, 11) is 0. The van der Waals surface area contributed by atoms with Crippen molar-refractivity contribution in [3.05, 3.63) is 28.8 Å². The van der Waals surface area contributed by atoms with Crippen LogP contribution < -0.4 is 10.6 Å². The zero-order valence-electron chi connectivity index (χ0n) is 9.58. The molecule has 0 unspecified atom stereocenters.